The van der Waals surface area contributed by atoms with Crippen LogP contribution in [-0.2, 0) is 5.41 Å². The van der Waals surface area contributed by atoms with Crippen LogP contribution in [0.15, 0.2) is 24.3 Å². The Morgan fingerprint density at radius 3 is 2.14 bits per heavy atom. The molecule has 0 atom stereocenters. The smallest absolute Gasteiger partial charge is 0.140 e. The summed E-state index contributed by atoms with van der Waals surface area (Å²) in [5.74, 6) is 1.23. The van der Waals surface area contributed by atoms with Gasteiger partial charge in [-0.2, -0.15) is 0 Å². The van der Waals surface area contributed by atoms with E-state index in [1.54, 1.807) is 12.1 Å². The van der Waals surface area contributed by atoms with Crippen molar-refractivity contribution in [3.63, 3.8) is 0 Å². The van der Waals surface area contributed by atoms with Crippen molar-refractivity contribution >= 4 is 5.82 Å². The summed E-state index contributed by atoms with van der Waals surface area (Å²) in [6.07, 6.45) is 0. The Labute approximate surface area is 125 Å². The molecule has 0 bridgehead atoms. The summed E-state index contributed by atoms with van der Waals surface area (Å²) in [6, 6.07) is 6.44. The van der Waals surface area contributed by atoms with E-state index in [1.807, 2.05) is 20.8 Å². The normalized spacial score (nSPS) is 12.0. The summed E-state index contributed by atoms with van der Waals surface area (Å²) in [7, 11) is 0. The molecule has 2 N–H and O–H groups in total. The average molecular weight is 287 g/mol. The Hall–Kier alpha value is -1.97. The molecule has 0 spiro atoms. The second-order valence-corrected chi connectivity index (χ2v) is 6.22. The summed E-state index contributed by atoms with van der Waals surface area (Å²) in [5.41, 5.74) is 8.54. The Kier molecular flexibility index (Phi) is 3.99. The number of benzene rings is 1. The fourth-order valence-corrected chi connectivity index (χ4v) is 2.59. The number of rotatable bonds is 3. The lowest BCUT2D eigenvalue weighted by atomic mass is 9.83. The van der Waals surface area contributed by atoms with Gasteiger partial charge >= 0.3 is 0 Å². The minimum absolute atomic E-state index is 0.249. The Morgan fingerprint density at radius 2 is 1.67 bits per heavy atom. The van der Waals surface area contributed by atoms with Crippen LogP contribution >= 0.6 is 0 Å². The highest BCUT2D eigenvalue weighted by molar-refractivity contribution is 5.46. The highest BCUT2D eigenvalue weighted by Gasteiger charge is 2.28. The van der Waals surface area contributed by atoms with Crippen LogP contribution in [0.1, 0.15) is 56.3 Å². The highest BCUT2D eigenvalue weighted by atomic mass is 19.1. The molecule has 1 aromatic carbocycles. The van der Waals surface area contributed by atoms with Gasteiger partial charge in [0.15, 0.2) is 0 Å². The van der Waals surface area contributed by atoms with E-state index >= 15 is 0 Å². The summed E-state index contributed by atoms with van der Waals surface area (Å²) >= 11 is 0. The number of nitrogen functional groups attached to an aromatic ring is 1. The van der Waals surface area contributed by atoms with Gasteiger partial charge in [-0.1, -0.05) is 26.0 Å². The third kappa shape index (κ3) is 2.89. The van der Waals surface area contributed by atoms with Gasteiger partial charge in [0.2, 0.25) is 0 Å². The van der Waals surface area contributed by atoms with Crippen LogP contribution in [0.3, 0.4) is 0 Å². The molecule has 1 heterocycles. The second kappa shape index (κ2) is 5.43. The van der Waals surface area contributed by atoms with Crippen LogP contribution < -0.4 is 5.73 Å². The van der Waals surface area contributed by atoms with Crippen molar-refractivity contribution in [1.82, 2.24) is 9.97 Å². The van der Waals surface area contributed by atoms with Crippen molar-refractivity contribution in [1.29, 1.82) is 0 Å². The second-order valence-electron chi connectivity index (χ2n) is 6.22. The topological polar surface area (TPSA) is 51.8 Å². The number of anilines is 1. The molecule has 2 aromatic rings. The molecule has 0 saturated heterocycles. The van der Waals surface area contributed by atoms with Gasteiger partial charge in [0.1, 0.15) is 17.5 Å². The number of aryl methyl sites for hydroxylation is 1. The first-order valence-electron chi connectivity index (χ1n) is 7.14. The van der Waals surface area contributed by atoms with Crippen LogP contribution in [0.2, 0.25) is 0 Å². The molecule has 2 rings (SSSR count). The van der Waals surface area contributed by atoms with Crippen LogP contribution in [0.25, 0.3) is 0 Å². The predicted octanol–water partition coefficient (Wildman–Crippen LogP) is 3.96. The number of aromatic nitrogens is 2. The van der Waals surface area contributed by atoms with Gasteiger partial charge in [-0.25, -0.2) is 14.4 Å². The molecule has 0 fully saturated rings. The highest BCUT2D eigenvalue weighted by Crippen LogP contribution is 2.32. The fourth-order valence-electron chi connectivity index (χ4n) is 2.59. The van der Waals surface area contributed by atoms with E-state index in [4.69, 9.17) is 5.73 Å². The lowest BCUT2D eigenvalue weighted by Crippen LogP contribution is -2.24. The first-order valence-corrected chi connectivity index (χ1v) is 7.14. The number of hydrogen-bond donors (Lipinski definition) is 1. The van der Waals surface area contributed by atoms with E-state index in [0.717, 1.165) is 16.8 Å². The van der Waals surface area contributed by atoms with Gasteiger partial charge < -0.3 is 5.73 Å². The number of nitrogens with two attached hydrogens (primary N) is 1. The van der Waals surface area contributed by atoms with Gasteiger partial charge in [0.05, 0.1) is 0 Å². The molecule has 0 saturated carbocycles. The number of halogens is 1. The molecule has 21 heavy (non-hydrogen) atoms. The van der Waals surface area contributed by atoms with Crippen molar-refractivity contribution in [3.8, 4) is 0 Å². The Balaban J connectivity index is 2.52. The minimum atomic E-state index is -0.428. The first-order chi connectivity index (χ1) is 9.73. The quantitative estimate of drug-likeness (QED) is 0.929. The first kappa shape index (κ1) is 15.4. The van der Waals surface area contributed by atoms with Crippen LogP contribution in [0.4, 0.5) is 10.2 Å². The van der Waals surface area contributed by atoms with E-state index in [0.29, 0.717) is 11.6 Å². The van der Waals surface area contributed by atoms with Gasteiger partial charge in [-0.15, -0.1) is 0 Å². The van der Waals surface area contributed by atoms with E-state index in [-0.39, 0.29) is 11.7 Å². The molecule has 0 unspecified atom stereocenters. The third-order valence-corrected chi connectivity index (χ3v) is 3.87. The van der Waals surface area contributed by atoms with E-state index in [9.17, 15) is 4.39 Å². The largest absolute Gasteiger partial charge is 0.383 e. The monoisotopic (exact) mass is 287 g/mol. The van der Waals surface area contributed by atoms with Gasteiger partial charge in [0, 0.05) is 16.7 Å². The SMILES string of the molecule is Cc1nc(C(C)(C)c2ccc(F)cc2)nc(N)c1C(C)C. The number of nitrogens with zero attached hydrogens (tertiary/aromatic N) is 2. The lowest BCUT2D eigenvalue weighted by molar-refractivity contribution is 0.579. The Morgan fingerprint density at radius 1 is 1.10 bits per heavy atom. The lowest BCUT2D eigenvalue weighted by Gasteiger charge is -2.25. The molecule has 0 radical (unpaired) electrons. The van der Waals surface area contributed by atoms with Crippen molar-refractivity contribution in [2.24, 2.45) is 0 Å². The van der Waals surface area contributed by atoms with E-state index < -0.39 is 5.41 Å². The van der Waals surface area contributed by atoms with Crippen LogP contribution in [0, 0.1) is 12.7 Å². The van der Waals surface area contributed by atoms with Gasteiger partial charge in [-0.05, 0) is 44.4 Å². The predicted molar refractivity (Wildman–Crippen MR) is 83.8 cm³/mol. The third-order valence-electron chi connectivity index (χ3n) is 3.87. The molecule has 4 heteroatoms. The van der Waals surface area contributed by atoms with Crippen molar-refractivity contribution in [2.45, 2.75) is 46.0 Å². The molecule has 0 amide bonds. The summed E-state index contributed by atoms with van der Waals surface area (Å²) < 4.78 is 13.1. The fraction of sp³-hybridized carbons (Fsp3) is 0.412. The Bertz CT molecular complexity index is 623. The maximum atomic E-state index is 13.1. The molecular formula is C17H22FN3. The molecular weight excluding hydrogens is 265 g/mol. The molecule has 1 aromatic heterocycles. The summed E-state index contributed by atoms with van der Waals surface area (Å²) in [6.45, 7) is 10.1. The van der Waals surface area contributed by atoms with Crippen molar-refractivity contribution in [2.75, 3.05) is 5.73 Å². The molecule has 112 valence electrons. The van der Waals surface area contributed by atoms with E-state index in [2.05, 4.69) is 23.8 Å². The maximum Gasteiger partial charge on any atom is 0.140 e. The van der Waals surface area contributed by atoms with Gasteiger partial charge in [-0.3, -0.25) is 0 Å². The zero-order valence-electron chi connectivity index (χ0n) is 13.2. The molecule has 3 nitrogen and oxygen atoms in total. The van der Waals surface area contributed by atoms with Gasteiger partial charge in [0.25, 0.3) is 0 Å². The summed E-state index contributed by atoms with van der Waals surface area (Å²) in [4.78, 5) is 9.14. The van der Waals surface area contributed by atoms with Crippen LogP contribution in [-0.4, -0.2) is 9.97 Å². The molecule has 0 aliphatic heterocycles. The van der Waals surface area contributed by atoms with Crippen molar-refractivity contribution < 1.29 is 4.39 Å². The average Bonchev–Trinajstić information content (AvgIpc) is 2.37. The van der Waals surface area contributed by atoms with E-state index in [1.165, 1.54) is 12.1 Å². The van der Waals surface area contributed by atoms with Crippen molar-refractivity contribution in [3.05, 3.63) is 52.7 Å². The standard InChI is InChI=1S/C17H22FN3/c1-10(2)14-11(3)20-16(21-15(14)19)17(4,5)12-6-8-13(18)9-7-12/h6-10H,1-5H3,(H2,19,20,21). The summed E-state index contributed by atoms with van der Waals surface area (Å²) in [5, 5.41) is 0. The molecule has 0 aliphatic carbocycles. The number of hydrogen-bond acceptors (Lipinski definition) is 3. The molecule has 0 aliphatic rings. The zero-order valence-corrected chi connectivity index (χ0v) is 13.2. The zero-order chi connectivity index (χ0) is 15.8. The minimum Gasteiger partial charge on any atom is -0.383 e. The maximum absolute atomic E-state index is 13.1. The van der Waals surface area contributed by atoms with Crippen LogP contribution in [0.5, 0.6) is 0 Å².